The third-order valence-corrected chi connectivity index (χ3v) is 4.13. The molecular formula is C16H24FNO. The van der Waals surface area contributed by atoms with Crippen molar-refractivity contribution in [3.05, 3.63) is 29.6 Å². The van der Waals surface area contributed by atoms with E-state index in [1.165, 1.54) is 7.11 Å². The maximum atomic E-state index is 14.5. The minimum atomic E-state index is -0.597. The largest absolute Gasteiger partial charge is 0.494 e. The summed E-state index contributed by atoms with van der Waals surface area (Å²) in [5.41, 5.74) is 6.71. The van der Waals surface area contributed by atoms with Gasteiger partial charge in [-0.25, -0.2) is 4.39 Å². The van der Waals surface area contributed by atoms with Gasteiger partial charge in [0.25, 0.3) is 0 Å². The lowest BCUT2D eigenvalue weighted by Gasteiger charge is -2.46. The molecule has 0 heterocycles. The number of ether oxygens (including phenoxy) is 1. The van der Waals surface area contributed by atoms with Crippen molar-refractivity contribution in [3.8, 4) is 5.75 Å². The zero-order chi connectivity index (χ0) is 14.3. The van der Waals surface area contributed by atoms with Crippen molar-refractivity contribution in [3.63, 3.8) is 0 Å². The Kier molecular flexibility index (Phi) is 3.61. The molecule has 2 unspecified atom stereocenters. The molecule has 0 amide bonds. The van der Waals surface area contributed by atoms with Gasteiger partial charge in [0.1, 0.15) is 0 Å². The average molecular weight is 265 g/mol. The lowest BCUT2D eigenvalue weighted by Crippen LogP contribution is -2.47. The Labute approximate surface area is 115 Å². The van der Waals surface area contributed by atoms with Crippen molar-refractivity contribution < 1.29 is 9.13 Å². The number of rotatable bonds is 2. The first-order valence-electron chi connectivity index (χ1n) is 6.89. The van der Waals surface area contributed by atoms with Gasteiger partial charge >= 0.3 is 0 Å². The third-order valence-electron chi connectivity index (χ3n) is 4.13. The summed E-state index contributed by atoms with van der Waals surface area (Å²) in [5, 5.41) is 0. The van der Waals surface area contributed by atoms with Crippen molar-refractivity contribution in [1.82, 2.24) is 0 Å². The fourth-order valence-electron chi connectivity index (χ4n) is 3.89. The van der Waals surface area contributed by atoms with Gasteiger partial charge in [-0.2, -0.15) is 0 Å². The second-order valence-electron chi connectivity index (χ2n) is 6.83. The van der Waals surface area contributed by atoms with Crippen LogP contribution in [0.15, 0.2) is 18.2 Å². The number of benzene rings is 1. The molecule has 2 N–H and O–H groups in total. The SMILES string of the molecule is COc1cccc(C2(N)CC(C)CC(C)(C)C2)c1F. The molecule has 0 aliphatic heterocycles. The minimum absolute atomic E-state index is 0.141. The number of halogens is 1. The van der Waals surface area contributed by atoms with Crippen molar-refractivity contribution >= 4 is 0 Å². The molecule has 2 atom stereocenters. The first-order valence-corrected chi connectivity index (χ1v) is 6.89. The molecule has 1 saturated carbocycles. The summed E-state index contributed by atoms with van der Waals surface area (Å²) >= 11 is 0. The summed E-state index contributed by atoms with van der Waals surface area (Å²) < 4.78 is 19.5. The van der Waals surface area contributed by atoms with E-state index in [4.69, 9.17) is 10.5 Å². The van der Waals surface area contributed by atoms with E-state index in [-0.39, 0.29) is 17.0 Å². The smallest absolute Gasteiger partial charge is 0.170 e. The number of nitrogens with two attached hydrogens (primary N) is 1. The van der Waals surface area contributed by atoms with Gasteiger partial charge in [-0.1, -0.05) is 32.9 Å². The molecule has 106 valence electrons. The molecular weight excluding hydrogens is 241 g/mol. The summed E-state index contributed by atoms with van der Waals surface area (Å²) in [6, 6.07) is 5.25. The van der Waals surface area contributed by atoms with E-state index in [2.05, 4.69) is 20.8 Å². The van der Waals surface area contributed by atoms with E-state index in [1.807, 2.05) is 6.07 Å². The fourth-order valence-corrected chi connectivity index (χ4v) is 3.89. The molecule has 2 rings (SSSR count). The highest BCUT2D eigenvalue weighted by atomic mass is 19.1. The van der Waals surface area contributed by atoms with Gasteiger partial charge in [0.2, 0.25) is 0 Å². The number of hydrogen-bond acceptors (Lipinski definition) is 2. The molecule has 0 radical (unpaired) electrons. The summed E-state index contributed by atoms with van der Waals surface area (Å²) in [7, 11) is 1.48. The van der Waals surface area contributed by atoms with Crippen LogP contribution in [-0.4, -0.2) is 7.11 Å². The maximum Gasteiger partial charge on any atom is 0.170 e. The summed E-state index contributed by atoms with van der Waals surface area (Å²) in [6.07, 6.45) is 2.76. The molecule has 19 heavy (non-hydrogen) atoms. The van der Waals surface area contributed by atoms with Gasteiger partial charge in [0.05, 0.1) is 7.11 Å². The molecule has 1 aromatic rings. The normalized spacial score (nSPS) is 30.1. The van der Waals surface area contributed by atoms with Crippen LogP contribution in [0.2, 0.25) is 0 Å². The van der Waals surface area contributed by atoms with Crippen LogP contribution in [0, 0.1) is 17.2 Å². The second kappa shape index (κ2) is 4.78. The second-order valence-corrected chi connectivity index (χ2v) is 6.83. The predicted molar refractivity (Wildman–Crippen MR) is 75.6 cm³/mol. The van der Waals surface area contributed by atoms with E-state index in [0.29, 0.717) is 11.5 Å². The Hall–Kier alpha value is -1.09. The molecule has 0 spiro atoms. The number of methoxy groups -OCH3 is 1. The van der Waals surface area contributed by atoms with Crippen LogP contribution in [0.3, 0.4) is 0 Å². The lowest BCUT2D eigenvalue weighted by atomic mass is 9.62. The summed E-state index contributed by atoms with van der Waals surface area (Å²) in [4.78, 5) is 0. The van der Waals surface area contributed by atoms with Gasteiger partial charge in [-0.15, -0.1) is 0 Å². The predicted octanol–water partition coefficient (Wildman–Crippen LogP) is 3.83. The molecule has 1 fully saturated rings. The molecule has 1 aliphatic rings. The molecule has 1 aromatic carbocycles. The first-order chi connectivity index (χ1) is 8.77. The molecule has 3 heteroatoms. The van der Waals surface area contributed by atoms with Crippen LogP contribution < -0.4 is 10.5 Å². The Morgan fingerprint density at radius 2 is 2.00 bits per heavy atom. The monoisotopic (exact) mass is 265 g/mol. The van der Waals surface area contributed by atoms with Gasteiger partial charge in [-0.3, -0.25) is 0 Å². The Balaban J connectivity index is 2.44. The van der Waals surface area contributed by atoms with Gasteiger partial charge in [0, 0.05) is 11.1 Å². The Bertz CT molecular complexity index is 472. The summed E-state index contributed by atoms with van der Waals surface area (Å²) in [5.74, 6) is 0.468. The minimum Gasteiger partial charge on any atom is -0.494 e. The van der Waals surface area contributed by atoms with Crippen molar-refractivity contribution in [1.29, 1.82) is 0 Å². The molecule has 1 aliphatic carbocycles. The topological polar surface area (TPSA) is 35.2 Å². The third kappa shape index (κ3) is 2.76. The first kappa shape index (κ1) is 14.3. The van der Waals surface area contributed by atoms with Crippen LogP contribution in [0.25, 0.3) is 0 Å². The Morgan fingerprint density at radius 1 is 1.32 bits per heavy atom. The fraction of sp³-hybridized carbons (Fsp3) is 0.625. The molecule has 0 bridgehead atoms. The highest BCUT2D eigenvalue weighted by molar-refractivity contribution is 5.36. The van der Waals surface area contributed by atoms with Crippen LogP contribution in [0.4, 0.5) is 4.39 Å². The van der Waals surface area contributed by atoms with E-state index in [0.717, 1.165) is 19.3 Å². The van der Waals surface area contributed by atoms with Crippen molar-refractivity contribution in [2.75, 3.05) is 7.11 Å². The zero-order valence-corrected chi connectivity index (χ0v) is 12.3. The highest BCUT2D eigenvalue weighted by Gasteiger charge is 2.42. The Morgan fingerprint density at radius 3 is 2.58 bits per heavy atom. The summed E-state index contributed by atoms with van der Waals surface area (Å²) in [6.45, 7) is 6.62. The van der Waals surface area contributed by atoms with E-state index in [9.17, 15) is 4.39 Å². The lowest BCUT2D eigenvalue weighted by molar-refractivity contribution is 0.104. The van der Waals surface area contributed by atoms with E-state index < -0.39 is 5.54 Å². The van der Waals surface area contributed by atoms with Gasteiger partial charge < -0.3 is 10.5 Å². The standard InChI is InChI=1S/C16H24FNO/c1-11-8-15(2,3)10-16(18,9-11)12-6-5-7-13(19-4)14(12)17/h5-7,11H,8-10,18H2,1-4H3. The number of hydrogen-bond donors (Lipinski definition) is 1. The maximum absolute atomic E-state index is 14.5. The van der Waals surface area contributed by atoms with Crippen LogP contribution in [0.1, 0.15) is 45.6 Å². The van der Waals surface area contributed by atoms with E-state index in [1.54, 1.807) is 12.1 Å². The van der Waals surface area contributed by atoms with Crippen LogP contribution in [-0.2, 0) is 5.54 Å². The van der Waals surface area contributed by atoms with Crippen LogP contribution >= 0.6 is 0 Å². The molecule has 0 saturated heterocycles. The molecule has 2 nitrogen and oxygen atoms in total. The highest BCUT2D eigenvalue weighted by Crippen LogP contribution is 2.48. The van der Waals surface area contributed by atoms with Gasteiger partial charge in [-0.05, 0) is 36.7 Å². The molecule has 0 aromatic heterocycles. The van der Waals surface area contributed by atoms with Gasteiger partial charge in [0.15, 0.2) is 11.6 Å². The quantitative estimate of drug-likeness (QED) is 0.882. The van der Waals surface area contributed by atoms with Crippen molar-refractivity contribution in [2.24, 2.45) is 17.1 Å². The zero-order valence-electron chi connectivity index (χ0n) is 12.3. The average Bonchev–Trinajstić information content (AvgIpc) is 2.25. The van der Waals surface area contributed by atoms with Crippen LogP contribution in [0.5, 0.6) is 5.75 Å². The van der Waals surface area contributed by atoms with E-state index >= 15 is 0 Å². The van der Waals surface area contributed by atoms with Crippen molar-refractivity contribution in [2.45, 2.75) is 45.6 Å².